The first kappa shape index (κ1) is 23.5. The normalized spacial score (nSPS) is 20.9. The maximum atomic E-state index is 6.37. The smallest absolute Gasteiger partial charge is 0.399 e. The molecule has 1 atom stereocenters. The Kier molecular flexibility index (Phi) is 5.04. The number of hydrogen-bond donors (Lipinski definition) is 0. The van der Waals surface area contributed by atoms with E-state index >= 15 is 0 Å². The lowest BCUT2D eigenvalue weighted by Gasteiger charge is -2.34. The van der Waals surface area contributed by atoms with Crippen molar-refractivity contribution in [3.8, 4) is 11.1 Å². The fourth-order valence-corrected chi connectivity index (χ4v) is 6.40. The molecule has 2 aliphatic rings. The zero-order valence-electron chi connectivity index (χ0n) is 22.4. The number of benzene rings is 5. The van der Waals surface area contributed by atoms with Crippen molar-refractivity contribution < 1.29 is 9.31 Å². The Morgan fingerprint density at radius 3 is 1.87 bits per heavy atom. The Labute approximate surface area is 225 Å². The summed E-state index contributed by atoms with van der Waals surface area (Å²) in [5.74, 6) is 0. The van der Waals surface area contributed by atoms with Crippen molar-refractivity contribution in [3.05, 3.63) is 138 Å². The minimum Gasteiger partial charge on any atom is -0.399 e. The summed E-state index contributed by atoms with van der Waals surface area (Å²) in [5, 5.41) is 2.55. The Morgan fingerprint density at radius 2 is 1.13 bits per heavy atom. The Bertz CT molecular complexity index is 1650. The average Bonchev–Trinajstić information content (AvgIpc) is 3.36. The van der Waals surface area contributed by atoms with Crippen molar-refractivity contribution in [2.24, 2.45) is 0 Å². The lowest BCUT2D eigenvalue weighted by Crippen LogP contribution is -2.41. The molecule has 1 unspecified atom stereocenters. The monoisotopic (exact) mass is 494 g/mol. The van der Waals surface area contributed by atoms with Crippen LogP contribution in [-0.2, 0) is 14.7 Å². The van der Waals surface area contributed by atoms with Crippen molar-refractivity contribution in [2.45, 2.75) is 44.3 Å². The van der Waals surface area contributed by atoms with E-state index in [1.165, 1.54) is 44.2 Å². The third-order valence-electron chi connectivity index (χ3n) is 9.00. The second kappa shape index (κ2) is 8.17. The maximum absolute atomic E-state index is 6.37. The van der Waals surface area contributed by atoms with E-state index in [4.69, 9.17) is 9.31 Å². The first-order valence-electron chi connectivity index (χ1n) is 13.5. The highest BCUT2D eigenvalue weighted by Gasteiger charge is 2.52. The van der Waals surface area contributed by atoms with Crippen LogP contribution in [0, 0.1) is 0 Å². The van der Waals surface area contributed by atoms with Crippen LogP contribution in [-0.4, -0.2) is 18.3 Å². The van der Waals surface area contributed by atoms with Gasteiger partial charge < -0.3 is 9.31 Å². The lowest BCUT2D eigenvalue weighted by molar-refractivity contribution is 0.00578. The predicted molar refractivity (Wildman–Crippen MR) is 157 cm³/mol. The zero-order chi connectivity index (χ0) is 26.1. The summed E-state index contributed by atoms with van der Waals surface area (Å²) in [7, 11) is -0.384. The van der Waals surface area contributed by atoms with E-state index in [9.17, 15) is 0 Å². The van der Waals surface area contributed by atoms with Crippen LogP contribution in [0.15, 0.2) is 115 Å². The van der Waals surface area contributed by atoms with Gasteiger partial charge in [0.2, 0.25) is 0 Å². The molecule has 0 radical (unpaired) electrons. The molecular formula is C35H31BO2. The molecule has 0 spiro atoms. The highest BCUT2D eigenvalue weighted by atomic mass is 16.7. The van der Waals surface area contributed by atoms with Gasteiger partial charge in [0.1, 0.15) is 0 Å². The summed E-state index contributed by atoms with van der Waals surface area (Å²) in [6.07, 6.45) is 0. The fraction of sp³-hybridized carbons (Fsp3) is 0.200. The van der Waals surface area contributed by atoms with Crippen LogP contribution in [0.4, 0.5) is 0 Å². The largest absolute Gasteiger partial charge is 0.494 e. The molecule has 0 saturated carbocycles. The Balaban J connectivity index is 1.49. The molecule has 1 aliphatic carbocycles. The van der Waals surface area contributed by atoms with Gasteiger partial charge in [-0.25, -0.2) is 0 Å². The van der Waals surface area contributed by atoms with Gasteiger partial charge >= 0.3 is 7.12 Å². The van der Waals surface area contributed by atoms with Gasteiger partial charge in [0, 0.05) is 0 Å². The first-order valence-corrected chi connectivity index (χ1v) is 13.5. The molecule has 0 N–H and O–H groups in total. The predicted octanol–water partition coefficient (Wildman–Crippen LogP) is 7.50. The number of fused-ring (bicyclic) bond motifs is 5. The number of hydrogen-bond acceptors (Lipinski definition) is 2. The SMILES string of the molecule is CC1(C)OB(c2ccc(C3(c4ccccc4)c4ccccc4-c4ccc5ccccc5c43)cc2)OC1(C)C. The van der Waals surface area contributed by atoms with Crippen LogP contribution in [0.25, 0.3) is 21.9 Å². The van der Waals surface area contributed by atoms with E-state index < -0.39 is 5.41 Å². The van der Waals surface area contributed by atoms with Gasteiger partial charge in [-0.15, -0.1) is 0 Å². The van der Waals surface area contributed by atoms with E-state index in [0.29, 0.717) is 0 Å². The van der Waals surface area contributed by atoms with E-state index in [-0.39, 0.29) is 18.3 Å². The van der Waals surface area contributed by atoms with Crippen LogP contribution < -0.4 is 5.46 Å². The van der Waals surface area contributed by atoms with Crippen molar-refractivity contribution in [2.75, 3.05) is 0 Å². The van der Waals surface area contributed by atoms with Gasteiger partial charge in [0.15, 0.2) is 0 Å². The molecule has 1 heterocycles. The van der Waals surface area contributed by atoms with Gasteiger partial charge in [-0.1, -0.05) is 115 Å². The molecule has 0 amide bonds. The maximum Gasteiger partial charge on any atom is 0.494 e. The Morgan fingerprint density at radius 1 is 0.526 bits per heavy atom. The summed E-state index contributed by atoms with van der Waals surface area (Å²) < 4.78 is 12.7. The van der Waals surface area contributed by atoms with Gasteiger partial charge in [-0.2, -0.15) is 0 Å². The zero-order valence-corrected chi connectivity index (χ0v) is 22.4. The first-order chi connectivity index (χ1) is 18.3. The fourth-order valence-electron chi connectivity index (χ4n) is 6.40. The summed E-state index contributed by atoms with van der Waals surface area (Å²) in [5.41, 5.74) is 7.64. The summed E-state index contributed by atoms with van der Waals surface area (Å²) in [4.78, 5) is 0. The van der Waals surface area contributed by atoms with Gasteiger partial charge in [-0.05, 0) is 77.3 Å². The van der Waals surface area contributed by atoms with E-state index in [1.54, 1.807) is 0 Å². The third-order valence-corrected chi connectivity index (χ3v) is 9.00. The molecule has 7 rings (SSSR count). The van der Waals surface area contributed by atoms with Crippen molar-refractivity contribution in [3.63, 3.8) is 0 Å². The lowest BCUT2D eigenvalue weighted by atomic mass is 9.66. The summed E-state index contributed by atoms with van der Waals surface area (Å²) in [6.45, 7) is 8.40. The molecule has 5 aromatic rings. The van der Waals surface area contributed by atoms with Crippen LogP contribution in [0.3, 0.4) is 0 Å². The minimum absolute atomic E-state index is 0.371. The van der Waals surface area contributed by atoms with Crippen molar-refractivity contribution in [1.82, 2.24) is 0 Å². The molecule has 186 valence electrons. The quantitative estimate of drug-likeness (QED) is 0.237. The second-order valence-electron chi connectivity index (χ2n) is 11.6. The van der Waals surface area contributed by atoms with Crippen molar-refractivity contribution in [1.29, 1.82) is 0 Å². The highest BCUT2D eigenvalue weighted by Crippen LogP contribution is 2.57. The molecule has 1 aliphatic heterocycles. The molecule has 1 saturated heterocycles. The molecule has 5 aromatic carbocycles. The Hall–Kier alpha value is -3.66. The third kappa shape index (κ3) is 3.16. The molecule has 38 heavy (non-hydrogen) atoms. The molecular weight excluding hydrogens is 463 g/mol. The average molecular weight is 494 g/mol. The van der Waals surface area contributed by atoms with Crippen LogP contribution in [0.5, 0.6) is 0 Å². The number of rotatable bonds is 3. The van der Waals surface area contributed by atoms with Crippen LogP contribution >= 0.6 is 0 Å². The molecule has 0 bridgehead atoms. The topological polar surface area (TPSA) is 18.5 Å². The van der Waals surface area contributed by atoms with Gasteiger partial charge in [-0.3, -0.25) is 0 Å². The summed E-state index contributed by atoms with van der Waals surface area (Å²) in [6, 6.07) is 42.1. The molecule has 3 heteroatoms. The highest BCUT2D eigenvalue weighted by molar-refractivity contribution is 6.62. The summed E-state index contributed by atoms with van der Waals surface area (Å²) >= 11 is 0. The van der Waals surface area contributed by atoms with Crippen LogP contribution in [0.1, 0.15) is 49.9 Å². The van der Waals surface area contributed by atoms with Gasteiger partial charge in [0.05, 0.1) is 16.6 Å². The van der Waals surface area contributed by atoms with E-state index in [0.717, 1.165) is 5.46 Å². The van der Waals surface area contributed by atoms with Gasteiger partial charge in [0.25, 0.3) is 0 Å². The minimum atomic E-state index is -0.442. The molecule has 0 aromatic heterocycles. The van der Waals surface area contributed by atoms with E-state index in [1.807, 2.05) is 0 Å². The second-order valence-corrected chi connectivity index (χ2v) is 11.6. The van der Waals surface area contributed by atoms with Crippen LogP contribution in [0.2, 0.25) is 0 Å². The molecule has 1 fully saturated rings. The van der Waals surface area contributed by atoms with E-state index in [2.05, 4.69) is 143 Å². The molecule has 2 nitrogen and oxygen atoms in total. The van der Waals surface area contributed by atoms with Crippen molar-refractivity contribution >= 4 is 23.4 Å². The standard InChI is InChI=1S/C35H31BO2/c1-33(2)34(3,4)38-36(37-33)27-21-19-26(20-22-27)35(25-13-6-5-7-14-25)31-17-11-10-16-29(31)30-23-18-24-12-8-9-15-28(24)32(30)35/h5-23H,1-4H3.